The van der Waals surface area contributed by atoms with Gasteiger partial charge in [0.05, 0.1) is 0 Å². The molecule has 14 heavy (non-hydrogen) atoms. The summed E-state index contributed by atoms with van der Waals surface area (Å²) in [5.74, 6) is 0.790. The van der Waals surface area contributed by atoms with Crippen LogP contribution in [0.2, 0.25) is 0 Å². The summed E-state index contributed by atoms with van der Waals surface area (Å²) in [5, 5.41) is 9.82. The van der Waals surface area contributed by atoms with Crippen LogP contribution in [0.5, 0.6) is 0 Å². The Labute approximate surface area is 87.9 Å². The van der Waals surface area contributed by atoms with E-state index in [4.69, 9.17) is 0 Å². The van der Waals surface area contributed by atoms with Crippen LogP contribution in [0, 0.1) is 16.7 Å². The number of hydrogen-bond donors (Lipinski definition) is 1. The standard InChI is InChI=1S/C13H24O/c1-3-11-6-9-12(2)7-4-5-8-13(11,12)10-14/h11,14H,3-10H2,1-2H3. The van der Waals surface area contributed by atoms with Crippen molar-refractivity contribution in [2.24, 2.45) is 16.7 Å². The van der Waals surface area contributed by atoms with Gasteiger partial charge in [0.1, 0.15) is 0 Å². The van der Waals surface area contributed by atoms with Gasteiger partial charge in [0.15, 0.2) is 0 Å². The summed E-state index contributed by atoms with van der Waals surface area (Å²) in [5.41, 5.74) is 0.751. The summed E-state index contributed by atoms with van der Waals surface area (Å²) in [6, 6.07) is 0. The van der Waals surface area contributed by atoms with Gasteiger partial charge in [-0.3, -0.25) is 0 Å². The Morgan fingerprint density at radius 1 is 1.21 bits per heavy atom. The fraction of sp³-hybridized carbons (Fsp3) is 1.00. The van der Waals surface area contributed by atoms with Crippen molar-refractivity contribution in [2.75, 3.05) is 6.61 Å². The van der Waals surface area contributed by atoms with Crippen LogP contribution in [0.4, 0.5) is 0 Å². The van der Waals surface area contributed by atoms with Crippen LogP contribution >= 0.6 is 0 Å². The molecule has 0 amide bonds. The van der Waals surface area contributed by atoms with E-state index in [1.54, 1.807) is 0 Å². The average molecular weight is 196 g/mol. The van der Waals surface area contributed by atoms with E-state index in [0.29, 0.717) is 17.4 Å². The molecular weight excluding hydrogens is 172 g/mol. The van der Waals surface area contributed by atoms with E-state index >= 15 is 0 Å². The molecule has 0 spiro atoms. The van der Waals surface area contributed by atoms with Gasteiger partial charge in [-0.2, -0.15) is 0 Å². The molecule has 0 aromatic rings. The Morgan fingerprint density at radius 3 is 2.57 bits per heavy atom. The molecule has 0 heterocycles. The molecule has 0 bridgehead atoms. The number of aliphatic hydroxyl groups excluding tert-OH is 1. The Kier molecular flexibility index (Phi) is 2.63. The monoisotopic (exact) mass is 196 g/mol. The molecular formula is C13H24O. The van der Waals surface area contributed by atoms with E-state index in [-0.39, 0.29) is 0 Å². The summed E-state index contributed by atoms with van der Waals surface area (Å²) >= 11 is 0. The van der Waals surface area contributed by atoms with Gasteiger partial charge in [0.25, 0.3) is 0 Å². The molecule has 3 atom stereocenters. The molecule has 1 N–H and O–H groups in total. The zero-order valence-corrected chi connectivity index (χ0v) is 9.68. The minimum absolute atomic E-state index is 0.292. The first kappa shape index (κ1) is 10.5. The lowest BCUT2D eigenvalue weighted by molar-refractivity contribution is -0.0499. The summed E-state index contributed by atoms with van der Waals surface area (Å²) in [4.78, 5) is 0. The van der Waals surface area contributed by atoms with Crippen LogP contribution in [0.15, 0.2) is 0 Å². The SMILES string of the molecule is CCC1CCC2(C)CCCCC12CO. The molecule has 2 rings (SSSR count). The third kappa shape index (κ3) is 1.18. The van der Waals surface area contributed by atoms with Crippen molar-refractivity contribution in [1.29, 1.82) is 0 Å². The first-order valence-corrected chi connectivity index (χ1v) is 6.29. The molecule has 2 fully saturated rings. The number of aliphatic hydroxyl groups is 1. The predicted octanol–water partition coefficient (Wildman–Crippen LogP) is 3.37. The summed E-state index contributed by atoms with van der Waals surface area (Å²) in [7, 11) is 0. The molecule has 2 aliphatic carbocycles. The maximum atomic E-state index is 9.82. The van der Waals surface area contributed by atoms with Crippen molar-refractivity contribution in [3.05, 3.63) is 0 Å². The van der Waals surface area contributed by atoms with Gasteiger partial charge in [-0.1, -0.05) is 33.1 Å². The maximum Gasteiger partial charge on any atom is 0.0495 e. The summed E-state index contributed by atoms with van der Waals surface area (Å²) in [6.45, 7) is 5.16. The Balaban J connectivity index is 2.30. The molecule has 0 aromatic heterocycles. The molecule has 0 aromatic carbocycles. The Morgan fingerprint density at radius 2 is 1.93 bits per heavy atom. The second-order valence-electron chi connectivity index (χ2n) is 5.73. The van der Waals surface area contributed by atoms with Gasteiger partial charge >= 0.3 is 0 Å². The van der Waals surface area contributed by atoms with Gasteiger partial charge in [-0.05, 0) is 37.0 Å². The first-order valence-electron chi connectivity index (χ1n) is 6.29. The van der Waals surface area contributed by atoms with Crippen molar-refractivity contribution in [1.82, 2.24) is 0 Å². The lowest BCUT2D eigenvalue weighted by Gasteiger charge is -2.49. The zero-order valence-electron chi connectivity index (χ0n) is 9.68. The normalized spacial score (nSPS) is 47.8. The number of fused-ring (bicyclic) bond motifs is 1. The van der Waals surface area contributed by atoms with Gasteiger partial charge < -0.3 is 5.11 Å². The highest BCUT2D eigenvalue weighted by atomic mass is 16.3. The lowest BCUT2D eigenvalue weighted by atomic mass is 9.56. The molecule has 2 aliphatic rings. The van der Waals surface area contributed by atoms with E-state index in [9.17, 15) is 5.11 Å². The van der Waals surface area contributed by atoms with E-state index < -0.39 is 0 Å². The van der Waals surface area contributed by atoms with Gasteiger partial charge in [0, 0.05) is 12.0 Å². The highest BCUT2D eigenvalue weighted by molar-refractivity contribution is 5.06. The number of rotatable bonds is 2. The molecule has 2 saturated carbocycles. The zero-order chi connectivity index (χ0) is 10.2. The molecule has 1 heteroatoms. The van der Waals surface area contributed by atoms with Crippen molar-refractivity contribution < 1.29 is 5.11 Å². The lowest BCUT2D eigenvalue weighted by Crippen LogP contribution is -2.45. The van der Waals surface area contributed by atoms with Crippen LogP contribution in [-0.4, -0.2) is 11.7 Å². The molecule has 1 nitrogen and oxygen atoms in total. The molecule has 0 radical (unpaired) electrons. The number of hydrogen-bond acceptors (Lipinski definition) is 1. The van der Waals surface area contributed by atoms with Crippen LogP contribution in [-0.2, 0) is 0 Å². The van der Waals surface area contributed by atoms with Crippen molar-refractivity contribution in [3.63, 3.8) is 0 Å². The second-order valence-corrected chi connectivity index (χ2v) is 5.73. The second kappa shape index (κ2) is 3.52. The minimum Gasteiger partial charge on any atom is -0.396 e. The van der Waals surface area contributed by atoms with Crippen LogP contribution in [0.1, 0.15) is 58.8 Å². The van der Waals surface area contributed by atoms with Crippen LogP contribution < -0.4 is 0 Å². The van der Waals surface area contributed by atoms with E-state index in [2.05, 4.69) is 13.8 Å². The van der Waals surface area contributed by atoms with Gasteiger partial charge in [-0.15, -0.1) is 0 Å². The minimum atomic E-state index is 0.292. The topological polar surface area (TPSA) is 20.2 Å². The van der Waals surface area contributed by atoms with Crippen molar-refractivity contribution in [3.8, 4) is 0 Å². The highest BCUT2D eigenvalue weighted by Crippen LogP contribution is 2.63. The maximum absolute atomic E-state index is 9.82. The van der Waals surface area contributed by atoms with E-state index in [0.717, 1.165) is 5.92 Å². The average Bonchev–Trinajstić information content (AvgIpc) is 2.51. The largest absolute Gasteiger partial charge is 0.396 e. The fourth-order valence-electron chi connectivity index (χ4n) is 4.34. The predicted molar refractivity (Wildman–Crippen MR) is 59.1 cm³/mol. The van der Waals surface area contributed by atoms with E-state index in [1.807, 2.05) is 0 Å². The third-order valence-corrected chi connectivity index (χ3v) is 5.40. The third-order valence-electron chi connectivity index (χ3n) is 5.40. The van der Waals surface area contributed by atoms with Gasteiger partial charge in [0.2, 0.25) is 0 Å². The molecule has 3 unspecified atom stereocenters. The highest BCUT2D eigenvalue weighted by Gasteiger charge is 2.56. The molecule has 0 aliphatic heterocycles. The molecule has 82 valence electrons. The van der Waals surface area contributed by atoms with Crippen LogP contribution in [0.3, 0.4) is 0 Å². The fourth-order valence-corrected chi connectivity index (χ4v) is 4.34. The van der Waals surface area contributed by atoms with Gasteiger partial charge in [-0.25, -0.2) is 0 Å². The quantitative estimate of drug-likeness (QED) is 0.718. The van der Waals surface area contributed by atoms with Crippen molar-refractivity contribution >= 4 is 0 Å². The summed E-state index contributed by atoms with van der Waals surface area (Å²) < 4.78 is 0. The van der Waals surface area contributed by atoms with E-state index in [1.165, 1.54) is 44.9 Å². The first-order chi connectivity index (χ1) is 6.68. The van der Waals surface area contributed by atoms with Crippen LogP contribution in [0.25, 0.3) is 0 Å². The molecule has 0 saturated heterocycles. The van der Waals surface area contributed by atoms with Crippen molar-refractivity contribution in [2.45, 2.75) is 58.8 Å². The summed E-state index contributed by atoms with van der Waals surface area (Å²) in [6.07, 6.45) is 9.32. The Hall–Kier alpha value is -0.0400. The Bertz CT molecular complexity index is 213. The smallest absolute Gasteiger partial charge is 0.0495 e.